The number of benzene rings is 2. The van der Waals surface area contributed by atoms with Gasteiger partial charge in [-0.2, -0.15) is 4.98 Å². The van der Waals surface area contributed by atoms with Crippen molar-refractivity contribution in [2.24, 2.45) is 0 Å². The number of rotatable bonds is 6. The Labute approximate surface area is 184 Å². The lowest BCUT2D eigenvalue weighted by Gasteiger charge is -2.31. The Morgan fingerprint density at radius 3 is 2.62 bits per heavy atom. The van der Waals surface area contributed by atoms with Gasteiger partial charge in [-0.25, -0.2) is 4.39 Å². The van der Waals surface area contributed by atoms with Crippen LogP contribution in [0.2, 0.25) is 0 Å². The van der Waals surface area contributed by atoms with E-state index < -0.39 is 5.79 Å². The van der Waals surface area contributed by atoms with Crippen molar-refractivity contribution in [3.8, 4) is 22.9 Å². The number of aryl methyl sites for hydroxylation is 1. The smallest absolute Gasteiger partial charge is 0.251 e. The molecule has 2 heterocycles. The van der Waals surface area contributed by atoms with Crippen molar-refractivity contribution in [1.29, 1.82) is 0 Å². The molecule has 8 heteroatoms. The summed E-state index contributed by atoms with van der Waals surface area (Å²) in [5, 5.41) is 6.82. The van der Waals surface area contributed by atoms with Gasteiger partial charge in [-0.3, -0.25) is 4.79 Å². The average molecular weight is 437 g/mol. The van der Waals surface area contributed by atoms with E-state index in [0.717, 1.165) is 31.4 Å². The van der Waals surface area contributed by atoms with Crippen LogP contribution in [0.3, 0.4) is 0 Å². The van der Waals surface area contributed by atoms with Crippen molar-refractivity contribution in [1.82, 2.24) is 10.1 Å². The summed E-state index contributed by atoms with van der Waals surface area (Å²) < 4.78 is 30.5. The molecule has 1 aliphatic carbocycles. The molecule has 0 saturated heterocycles. The third-order valence-electron chi connectivity index (χ3n) is 5.80. The molecule has 1 fully saturated rings. The van der Waals surface area contributed by atoms with Crippen molar-refractivity contribution in [3.05, 3.63) is 54.2 Å². The standard InChI is InChI=1S/C24H24FN3O4/c25-17-9-7-16(8-10-17)23-27-22(32-28-23)6-4-5-21(29)26-18-11-12-19-20(15-18)31-24(30-19)13-2-1-3-14-24/h7-12,15H,1-6,13-14H2,(H,26,29). The van der Waals surface area contributed by atoms with E-state index in [4.69, 9.17) is 14.0 Å². The second kappa shape index (κ2) is 8.61. The van der Waals surface area contributed by atoms with Crippen LogP contribution in [-0.4, -0.2) is 21.8 Å². The predicted molar refractivity (Wildman–Crippen MR) is 115 cm³/mol. The van der Waals surface area contributed by atoms with Gasteiger partial charge in [0, 0.05) is 43.0 Å². The van der Waals surface area contributed by atoms with Crippen LogP contribution in [0, 0.1) is 5.82 Å². The fourth-order valence-corrected chi connectivity index (χ4v) is 4.16. The summed E-state index contributed by atoms with van der Waals surface area (Å²) in [7, 11) is 0. The van der Waals surface area contributed by atoms with Gasteiger partial charge in [0.1, 0.15) is 5.82 Å². The summed E-state index contributed by atoms with van der Waals surface area (Å²) in [6.45, 7) is 0. The van der Waals surface area contributed by atoms with Gasteiger partial charge in [0.05, 0.1) is 0 Å². The molecule has 7 nitrogen and oxygen atoms in total. The summed E-state index contributed by atoms with van der Waals surface area (Å²) in [6.07, 6.45) is 6.54. The molecule has 2 aliphatic rings. The molecule has 1 saturated carbocycles. The maximum absolute atomic E-state index is 13.0. The minimum atomic E-state index is -0.528. The maximum Gasteiger partial charge on any atom is 0.251 e. The number of fused-ring (bicyclic) bond motifs is 1. The highest BCUT2D eigenvalue weighted by Gasteiger charge is 2.42. The number of carbonyl (C=O) groups excluding carboxylic acids is 1. The molecule has 0 atom stereocenters. The monoisotopic (exact) mass is 437 g/mol. The summed E-state index contributed by atoms with van der Waals surface area (Å²) in [4.78, 5) is 16.7. The van der Waals surface area contributed by atoms with Crippen LogP contribution in [0.5, 0.6) is 11.5 Å². The normalized spacial score (nSPS) is 16.3. The van der Waals surface area contributed by atoms with Crippen molar-refractivity contribution >= 4 is 11.6 Å². The molecule has 1 N–H and O–H groups in total. The molecular weight excluding hydrogens is 413 g/mol. The Bertz CT molecular complexity index is 1110. The molecule has 1 spiro atoms. The van der Waals surface area contributed by atoms with Gasteiger partial charge in [-0.15, -0.1) is 0 Å². The number of halogens is 1. The zero-order valence-corrected chi connectivity index (χ0v) is 17.6. The molecular formula is C24H24FN3O4. The molecule has 1 amide bonds. The van der Waals surface area contributed by atoms with E-state index in [-0.39, 0.29) is 11.7 Å². The highest BCUT2D eigenvalue weighted by molar-refractivity contribution is 5.91. The third kappa shape index (κ3) is 4.44. The predicted octanol–water partition coefficient (Wildman–Crippen LogP) is 5.27. The number of hydrogen-bond acceptors (Lipinski definition) is 6. The van der Waals surface area contributed by atoms with E-state index in [1.807, 2.05) is 18.2 Å². The second-order valence-electron chi connectivity index (χ2n) is 8.26. The number of aromatic nitrogens is 2. The van der Waals surface area contributed by atoms with Crippen LogP contribution in [0.25, 0.3) is 11.4 Å². The van der Waals surface area contributed by atoms with Gasteiger partial charge in [0.2, 0.25) is 17.6 Å². The molecule has 1 aliphatic heterocycles. The van der Waals surface area contributed by atoms with E-state index in [0.29, 0.717) is 48.0 Å². The zero-order valence-electron chi connectivity index (χ0n) is 17.6. The van der Waals surface area contributed by atoms with Crippen LogP contribution in [0.4, 0.5) is 10.1 Å². The lowest BCUT2D eigenvalue weighted by molar-refractivity contribution is -0.116. The second-order valence-corrected chi connectivity index (χ2v) is 8.26. The number of ether oxygens (including phenoxy) is 2. The van der Waals surface area contributed by atoms with Gasteiger partial charge < -0.3 is 19.3 Å². The number of nitrogens with one attached hydrogen (secondary N) is 1. The van der Waals surface area contributed by atoms with E-state index in [1.54, 1.807) is 12.1 Å². The molecule has 0 unspecified atom stereocenters. The van der Waals surface area contributed by atoms with Crippen LogP contribution in [-0.2, 0) is 11.2 Å². The van der Waals surface area contributed by atoms with E-state index in [2.05, 4.69) is 15.5 Å². The Morgan fingerprint density at radius 1 is 1.03 bits per heavy atom. The molecule has 0 radical (unpaired) electrons. The highest BCUT2D eigenvalue weighted by Crippen LogP contribution is 2.46. The minimum absolute atomic E-state index is 0.102. The number of amides is 1. The SMILES string of the molecule is O=C(CCCc1nc(-c2ccc(F)cc2)no1)Nc1ccc2c(c1)OC1(CCCCC1)O2. The first-order chi connectivity index (χ1) is 15.6. The first-order valence-corrected chi connectivity index (χ1v) is 11.0. The largest absolute Gasteiger partial charge is 0.448 e. The Kier molecular flexibility index (Phi) is 5.51. The number of carbonyl (C=O) groups is 1. The number of anilines is 1. The average Bonchev–Trinajstić information content (AvgIpc) is 3.39. The number of hydrogen-bond donors (Lipinski definition) is 1. The maximum atomic E-state index is 13.0. The molecule has 3 aromatic rings. The Morgan fingerprint density at radius 2 is 1.81 bits per heavy atom. The van der Waals surface area contributed by atoms with Crippen molar-refractivity contribution in [3.63, 3.8) is 0 Å². The molecule has 32 heavy (non-hydrogen) atoms. The molecule has 1 aromatic heterocycles. The van der Waals surface area contributed by atoms with Gasteiger partial charge in [0.25, 0.3) is 5.79 Å². The summed E-state index contributed by atoms with van der Waals surface area (Å²) >= 11 is 0. The Hall–Kier alpha value is -3.42. The van der Waals surface area contributed by atoms with Crippen LogP contribution in [0.15, 0.2) is 47.0 Å². The van der Waals surface area contributed by atoms with Crippen LogP contribution in [0.1, 0.15) is 50.8 Å². The zero-order chi connectivity index (χ0) is 22.0. The lowest BCUT2D eigenvalue weighted by Crippen LogP contribution is -2.40. The number of nitrogens with zero attached hydrogens (tertiary/aromatic N) is 2. The van der Waals surface area contributed by atoms with Gasteiger partial charge in [-0.1, -0.05) is 11.6 Å². The van der Waals surface area contributed by atoms with Gasteiger partial charge in [-0.05, 0) is 55.7 Å². The summed E-state index contributed by atoms with van der Waals surface area (Å²) in [6, 6.07) is 11.4. The summed E-state index contributed by atoms with van der Waals surface area (Å²) in [5.74, 6) is 1.31. The molecule has 166 valence electrons. The minimum Gasteiger partial charge on any atom is -0.448 e. The fourth-order valence-electron chi connectivity index (χ4n) is 4.16. The Balaban J connectivity index is 1.12. The van der Waals surface area contributed by atoms with E-state index in [9.17, 15) is 9.18 Å². The van der Waals surface area contributed by atoms with Crippen molar-refractivity contribution < 1.29 is 23.2 Å². The quantitative estimate of drug-likeness (QED) is 0.565. The topological polar surface area (TPSA) is 86.5 Å². The van der Waals surface area contributed by atoms with E-state index >= 15 is 0 Å². The molecule has 2 aromatic carbocycles. The van der Waals surface area contributed by atoms with Crippen LogP contribution < -0.4 is 14.8 Å². The van der Waals surface area contributed by atoms with Gasteiger partial charge >= 0.3 is 0 Å². The first kappa shape index (κ1) is 20.5. The lowest BCUT2D eigenvalue weighted by atomic mass is 9.94. The van der Waals surface area contributed by atoms with Crippen molar-refractivity contribution in [2.45, 2.75) is 57.2 Å². The molecule has 5 rings (SSSR count). The van der Waals surface area contributed by atoms with E-state index in [1.165, 1.54) is 18.6 Å². The summed E-state index contributed by atoms with van der Waals surface area (Å²) in [5.41, 5.74) is 1.36. The van der Waals surface area contributed by atoms with Crippen molar-refractivity contribution in [2.75, 3.05) is 5.32 Å². The highest BCUT2D eigenvalue weighted by atomic mass is 19.1. The molecule has 0 bridgehead atoms. The van der Waals surface area contributed by atoms with Gasteiger partial charge in [0.15, 0.2) is 11.5 Å². The fraction of sp³-hybridized carbons (Fsp3) is 0.375. The third-order valence-corrected chi connectivity index (χ3v) is 5.80. The first-order valence-electron chi connectivity index (χ1n) is 11.0. The van der Waals surface area contributed by atoms with Crippen LogP contribution >= 0.6 is 0 Å².